The van der Waals surface area contributed by atoms with Gasteiger partial charge in [-0.25, -0.2) is 9.18 Å². The van der Waals surface area contributed by atoms with Gasteiger partial charge in [0.05, 0.1) is 0 Å². The second-order valence-corrected chi connectivity index (χ2v) is 3.31. The van der Waals surface area contributed by atoms with Gasteiger partial charge >= 0.3 is 5.97 Å². The minimum absolute atomic E-state index is 0.127. The average Bonchev–Trinajstić information content (AvgIpc) is 1.98. The van der Waals surface area contributed by atoms with Gasteiger partial charge in [0.1, 0.15) is 0 Å². The summed E-state index contributed by atoms with van der Waals surface area (Å²) in [6, 6.07) is 0. The van der Waals surface area contributed by atoms with Gasteiger partial charge in [0, 0.05) is 0 Å². The fourth-order valence-corrected chi connectivity index (χ4v) is 0.991. The Balaban J connectivity index is 3.54. The third-order valence-electron chi connectivity index (χ3n) is 1.95. The first-order chi connectivity index (χ1) is 5.50. The molecule has 3 heteroatoms. The smallest absolute Gasteiger partial charge is 0.341 e. The van der Waals surface area contributed by atoms with Crippen molar-refractivity contribution in [2.24, 2.45) is 0 Å². The van der Waals surface area contributed by atoms with Gasteiger partial charge in [-0.3, -0.25) is 0 Å². The Labute approximate surface area is 72.8 Å². The molecule has 0 bridgehead atoms. The van der Waals surface area contributed by atoms with E-state index in [0.717, 1.165) is 26.2 Å². The Bertz CT molecular complexity index is 143. The van der Waals surface area contributed by atoms with Crippen LogP contribution in [0.15, 0.2) is 0 Å². The maximum absolute atomic E-state index is 13.0. The molecule has 0 radical (unpaired) electrons. The number of rotatable bonds is 6. The summed E-state index contributed by atoms with van der Waals surface area (Å²) in [5, 5.41) is 8.42. The van der Waals surface area contributed by atoms with Gasteiger partial charge in [0.15, 0.2) is 0 Å². The molecule has 0 aliphatic heterocycles. The van der Waals surface area contributed by atoms with Gasteiger partial charge in [-0.15, -0.1) is 0 Å². The van der Waals surface area contributed by atoms with E-state index in [9.17, 15) is 9.18 Å². The van der Waals surface area contributed by atoms with Gasteiger partial charge in [-0.05, 0) is 19.8 Å². The van der Waals surface area contributed by atoms with E-state index in [4.69, 9.17) is 5.11 Å². The molecule has 0 saturated heterocycles. The number of hydrogen-bond donors (Lipinski definition) is 1. The van der Waals surface area contributed by atoms with E-state index in [1.165, 1.54) is 0 Å². The quantitative estimate of drug-likeness (QED) is 0.632. The lowest BCUT2D eigenvalue weighted by Gasteiger charge is -2.13. The van der Waals surface area contributed by atoms with Crippen LogP contribution >= 0.6 is 0 Å². The maximum atomic E-state index is 13.0. The van der Waals surface area contributed by atoms with Crippen molar-refractivity contribution in [2.75, 3.05) is 0 Å². The average molecular weight is 176 g/mol. The van der Waals surface area contributed by atoms with Crippen LogP contribution in [0.4, 0.5) is 4.39 Å². The molecular formula is C9H17FO2. The van der Waals surface area contributed by atoms with Crippen LogP contribution in [0.2, 0.25) is 0 Å². The van der Waals surface area contributed by atoms with Gasteiger partial charge in [-0.2, -0.15) is 0 Å². The highest BCUT2D eigenvalue weighted by Crippen LogP contribution is 2.19. The van der Waals surface area contributed by atoms with Crippen molar-refractivity contribution in [3.63, 3.8) is 0 Å². The van der Waals surface area contributed by atoms with Crippen LogP contribution in [0.25, 0.3) is 0 Å². The molecule has 0 unspecified atom stereocenters. The van der Waals surface area contributed by atoms with Crippen LogP contribution in [0, 0.1) is 0 Å². The molecule has 0 aromatic heterocycles. The molecule has 0 rings (SSSR count). The van der Waals surface area contributed by atoms with Gasteiger partial charge < -0.3 is 5.11 Å². The van der Waals surface area contributed by atoms with Crippen molar-refractivity contribution in [2.45, 2.75) is 51.6 Å². The SMILES string of the molecule is CCCCCC[C@@](C)(F)C(=O)O. The van der Waals surface area contributed by atoms with Crippen LogP contribution < -0.4 is 0 Å². The lowest BCUT2D eigenvalue weighted by atomic mass is 10.0. The summed E-state index contributed by atoms with van der Waals surface area (Å²) < 4.78 is 13.0. The normalized spacial score (nSPS) is 15.6. The van der Waals surface area contributed by atoms with Gasteiger partial charge in [0.2, 0.25) is 5.67 Å². The lowest BCUT2D eigenvalue weighted by Crippen LogP contribution is -2.29. The summed E-state index contributed by atoms with van der Waals surface area (Å²) in [6.07, 6.45) is 3.84. The first kappa shape index (κ1) is 11.4. The van der Waals surface area contributed by atoms with E-state index < -0.39 is 11.6 Å². The van der Waals surface area contributed by atoms with Gasteiger partial charge in [-0.1, -0.05) is 26.2 Å². The molecule has 0 spiro atoms. The number of halogens is 1. The van der Waals surface area contributed by atoms with Crippen LogP contribution in [0.1, 0.15) is 46.0 Å². The summed E-state index contributed by atoms with van der Waals surface area (Å²) in [7, 11) is 0. The highest BCUT2D eigenvalue weighted by atomic mass is 19.1. The van der Waals surface area contributed by atoms with Crippen molar-refractivity contribution in [3.05, 3.63) is 0 Å². The first-order valence-corrected chi connectivity index (χ1v) is 4.43. The van der Waals surface area contributed by atoms with E-state index in [2.05, 4.69) is 6.92 Å². The molecule has 0 aliphatic carbocycles. The summed E-state index contributed by atoms with van der Waals surface area (Å²) in [6.45, 7) is 3.19. The predicted molar refractivity (Wildman–Crippen MR) is 45.9 cm³/mol. The third-order valence-corrected chi connectivity index (χ3v) is 1.95. The van der Waals surface area contributed by atoms with E-state index in [-0.39, 0.29) is 6.42 Å². The summed E-state index contributed by atoms with van der Waals surface area (Å²) >= 11 is 0. The zero-order valence-electron chi connectivity index (χ0n) is 7.77. The molecule has 0 aromatic rings. The molecule has 12 heavy (non-hydrogen) atoms. The molecule has 0 aromatic carbocycles. The minimum Gasteiger partial charge on any atom is -0.479 e. The molecule has 1 atom stereocenters. The third kappa shape index (κ3) is 4.31. The van der Waals surface area contributed by atoms with Crippen molar-refractivity contribution < 1.29 is 14.3 Å². The first-order valence-electron chi connectivity index (χ1n) is 4.43. The van der Waals surface area contributed by atoms with Crippen LogP contribution in [0.5, 0.6) is 0 Å². The number of hydrogen-bond acceptors (Lipinski definition) is 1. The zero-order valence-corrected chi connectivity index (χ0v) is 7.77. The molecule has 0 fully saturated rings. The van der Waals surface area contributed by atoms with E-state index in [1.54, 1.807) is 0 Å². The number of carboxylic acids is 1. The Morgan fingerprint density at radius 3 is 2.42 bits per heavy atom. The highest BCUT2D eigenvalue weighted by Gasteiger charge is 2.31. The molecule has 0 saturated carbocycles. The number of carboxylic acid groups (broad SMARTS) is 1. The van der Waals surface area contributed by atoms with Gasteiger partial charge in [0.25, 0.3) is 0 Å². The van der Waals surface area contributed by atoms with Crippen molar-refractivity contribution in [1.29, 1.82) is 0 Å². The molecule has 1 N–H and O–H groups in total. The van der Waals surface area contributed by atoms with Crippen LogP contribution in [0.3, 0.4) is 0 Å². The molecule has 0 aliphatic rings. The molecule has 2 nitrogen and oxygen atoms in total. The van der Waals surface area contributed by atoms with Crippen LogP contribution in [-0.2, 0) is 4.79 Å². The van der Waals surface area contributed by atoms with E-state index in [1.807, 2.05) is 0 Å². The predicted octanol–water partition coefficient (Wildman–Crippen LogP) is 2.77. The van der Waals surface area contributed by atoms with Crippen LogP contribution in [-0.4, -0.2) is 16.7 Å². The monoisotopic (exact) mass is 176 g/mol. The minimum atomic E-state index is -2.03. The fraction of sp³-hybridized carbons (Fsp3) is 0.889. The maximum Gasteiger partial charge on any atom is 0.341 e. The van der Waals surface area contributed by atoms with Crippen molar-refractivity contribution in [1.82, 2.24) is 0 Å². The Morgan fingerprint density at radius 1 is 1.42 bits per heavy atom. The van der Waals surface area contributed by atoms with Crippen molar-refractivity contribution >= 4 is 5.97 Å². The van der Waals surface area contributed by atoms with Crippen molar-refractivity contribution in [3.8, 4) is 0 Å². The molecule has 72 valence electrons. The van der Waals surface area contributed by atoms with E-state index >= 15 is 0 Å². The number of carbonyl (C=O) groups is 1. The topological polar surface area (TPSA) is 37.3 Å². The summed E-state index contributed by atoms with van der Waals surface area (Å²) in [5.41, 5.74) is -2.03. The molecular weight excluding hydrogens is 159 g/mol. The molecule has 0 heterocycles. The lowest BCUT2D eigenvalue weighted by molar-refractivity contribution is -0.150. The Morgan fingerprint density at radius 2 is 2.00 bits per heavy atom. The Hall–Kier alpha value is -0.600. The second kappa shape index (κ2) is 5.12. The number of aliphatic carboxylic acids is 1. The standard InChI is InChI=1S/C9H17FO2/c1-3-4-5-6-7-9(2,10)8(11)12/h3-7H2,1-2H3,(H,11,12)/t9-/m1/s1. The van der Waals surface area contributed by atoms with E-state index in [0.29, 0.717) is 6.42 Å². The summed E-state index contributed by atoms with van der Waals surface area (Å²) in [4.78, 5) is 10.3. The largest absolute Gasteiger partial charge is 0.479 e. The highest BCUT2D eigenvalue weighted by molar-refractivity contribution is 5.76. The zero-order chi connectivity index (χ0) is 9.61. The summed E-state index contributed by atoms with van der Waals surface area (Å²) in [5.74, 6) is -1.35. The fourth-order valence-electron chi connectivity index (χ4n) is 0.991. The second-order valence-electron chi connectivity index (χ2n) is 3.31. The Kier molecular flexibility index (Phi) is 4.86. The number of alkyl halides is 1. The number of unbranched alkanes of at least 4 members (excludes halogenated alkanes) is 3. The molecule has 0 amide bonds.